The van der Waals surface area contributed by atoms with Gasteiger partial charge in [0, 0.05) is 5.41 Å². The van der Waals surface area contributed by atoms with E-state index >= 15 is 0 Å². The van der Waals surface area contributed by atoms with Crippen LogP contribution in [-0.4, -0.2) is 21.4 Å². The minimum Gasteiger partial charge on any atom is -0.504 e. The van der Waals surface area contributed by atoms with Gasteiger partial charge in [0.25, 0.3) is 0 Å². The molecule has 2 N–H and O–H groups in total. The molecule has 0 fully saturated rings. The van der Waals surface area contributed by atoms with Gasteiger partial charge in [0.1, 0.15) is 11.2 Å². The number of ether oxygens (including phenoxy) is 2. The predicted molar refractivity (Wildman–Crippen MR) is 109 cm³/mol. The fourth-order valence-electron chi connectivity index (χ4n) is 2.80. The summed E-state index contributed by atoms with van der Waals surface area (Å²) in [5.74, 6) is 1.15. The topological polar surface area (TPSA) is 58.9 Å². The zero-order valence-corrected chi connectivity index (χ0v) is 17.7. The van der Waals surface area contributed by atoms with Crippen molar-refractivity contribution in [3.05, 3.63) is 47.5 Å². The average Bonchev–Trinajstić information content (AvgIpc) is 2.48. The van der Waals surface area contributed by atoms with Crippen molar-refractivity contribution in [3.8, 4) is 23.0 Å². The van der Waals surface area contributed by atoms with Crippen molar-refractivity contribution in [2.24, 2.45) is 0 Å². The number of benzene rings is 2. The van der Waals surface area contributed by atoms with Gasteiger partial charge in [-0.15, -0.1) is 0 Å². The van der Waals surface area contributed by atoms with E-state index < -0.39 is 11.2 Å². The first kappa shape index (κ1) is 20.9. The third-order valence-corrected chi connectivity index (χ3v) is 4.20. The number of phenols is 2. The lowest BCUT2D eigenvalue weighted by Crippen LogP contribution is -2.25. The Morgan fingerprint density at radius 1 is 0.593 bits per heavy atom. The lowest BCUT2D eigenvalue weighted by molar-refractivity contribution is 0.125. The van der Waals surface area contributed by atoms with Crippen molar-refractivity contribution in [1.29, 1.82) is 0 Å². The third kappa shape index (κ3) is 5.31. The lowest BCUT2D eigenvalue weighted by Gasteiger charge is -2.29. The zero-order chi connectivity index (χ0) is 20.6. The standard InChI is InChI=1S/C23H32O4/c1-21(2,3)26-19-13-15(9-11-17(19)24)23(7,8)16-10-12-18(25)20(14-16)27-22(4,5)6/h9-14,24-25H,1-8H3. The summed E-state index contributed by atoms with van der Waals surface area (Å²) in [6.07, 6.45) is 0. The van der Waals surface area contributed by atoms with Crippen molar-refractivity contribution in [2.45, 2.75) is 72.0 Å². The molecule has 0 aliphatic rings. The van der Waals surface area contributed by atoms with Gasteiger partial charge in [-0.3, -0.25) is 0 Å². The largest absolute Gasteiger partial charge is 0.504 e. The summed E-state index contributed by atoms with van der Waals surface area (Å²) >= 11 is 0. The SMILES string of the molecule is CC(C)(C)Oc1cc(C(C)(C)c2ccc(O)c(OC(C)(C)C)c2)ccc1O. The molecule has 4 nitrogen and oxygen atoms in total. The number of hydrogen-bond acceptors (Lipinski definition) is 4. The highest BCUT2D eigenvalue weighted by Gasteiger charge is 2.27. The molecule has 0 saturated heterocycles. The van der Waals surface area contributed by atoms with Crippen LogP contribution in [0, 0.1) is 0 Å². The molecule has 2 aromatic rings. The third-order valence-electron chi connectivity index (χ3n) is 4.20. The van der Waals surface area contributed by atoms with Gasteiger partial charge in [0.15, 0.2) is 23.0 Å². The smallest absolute Gasteiger partial charge is 0.162 e. The van der Waals surface area contributed by atoms with E-state index in [4.69, 9.17) is 9.47 Å². The molecule has 4 heteroatoms. The highest BCUT2D eigenvalue weighted by atomic mass is 16.5. The van der Waals surface area contributed by atoms with Crippen molar-refractivity contribution >= 4 is 0 Å². The van der Waals surface area contributed by atoms with Gasteiger partial charge < -0.3 is 19.7 Å². The molecule has 2 aromatic carbocycles. The molecule has 0 aromatic heterocycles. The van der Waals surface area contributed by atoms with Crippen LogP contribution < -0.4 is 9.47 Å². The molecule has 2 rings (SSSR count). The normalized spacial score (nSPS) is 12.7. The van der Waals surface area contributed by atoms with Crippen LogP contribution in [0.15, 0.2) is 36.4 Å². The summed E-state index contributed by atoms with van der Waals surface area (Å²) in [4.78, 5) is 0. The Morgan fingerprint density at radius 2 is 0.926 bits per heavy atom. The van der Waals surface area contributed by atoms with E-state index in [0.29, 0.717) is 11.5 Å². The average molecular weight is 373 g/mol. The van der Waals surface area contributed by atoms with E-state index in [0.717, 1.165) is 11.1 Å². The second kappa shape index (κ2) is 6.99. The minimum atomic E-state index is -0.410. The maximum atomic E-state index is 10.2. The Bertz CT molecular complexity index is 741. The van der Waals surface area contributed by atoms with Crippen LogP contribution in [-0.2, 0) is 5.41 Å². The molecule has 0 amide bonds. The van der Waals surface area contributed by atoms with E-state index in [9.17, 15) is 10.2 Å². The van der Waals surface area contributed by atoms with Crippen LogP contribution in [0.4, 0.5) is 0 Å². The maximum Gasteiger partial charge on any atom is 0.162 e. The molecule has 0 aliphatic carbocycles. The highest BCUT2D eigenvalue weighted by molar-refractivity contribution is 5.51. The van der Waals surface area contributed by atoms with Crippen molar-refractivity contribution in [1.82, 2.24) is 0 Å². The molecule has 148 valence electrons. The van der Waals surface area contributed by atoms with Gasteiger partial charge >= 0.3 is 0 Å². The summed E-state index contributed by atoms with van der Waals surface area (Å²) in [6, 6.07) is 10.8. The molecule has 0 unspecified atom stereocenters. The molecule has 27 heavy (non-hydrogen) atoms. The Labute approximate surface area is 162 Å². The van der Waals surface area contributed by atoms with Crippen LogP contribution >= 0.6 is 0 Å². The van der Waals surface area contributed by atoms with Crippen molar-refractivity contribution < 1.29 is 19.7 Å². The van der Waals surface area contributed by atoms with Gasteiger partial charge in [0.05, 0.1) is 0 Å². The van der Waals surface area contributed by atoms with E-state index in [1.807, 2.05) is 65.8 Å². The van der Waals surface area contributed by atoms with E-state index in [-0.39, 0.29) is 16.9 Å². The number of rotatable bonds is 4. The molecule has 0 bridgehead atoms. The van der Waals surface area contributed by atoms with E-state index in [2.05, 4.69) is 13.8 Å². The fraction of sp³-hybridized carbons (Fsp3) is 0.478. The summed E-state index contributed by atoms with van der Waals surface area (Å²) in [7, 11) is 0. The van der Waals surface area contributed by atoms with Gasteiger partial charge in [-0.2, -0.15) is 0 Å². The lowest BCUT2D eigenvalue weighted by atomic mass is 9.78. The quantitative estimate of drug-likeness (QED) is 0.714. The molecule has 0 radical (unpaired) electrons. The second-order valence-electron chi connectivity index (χ2n) is 9.42. The first-order chi connectivity index (χ1) is 12.2. The Hall–Kier alpha value is -2.36. The van der Waals surface area contributed by atoms with Crippen molar-refractivity contribution in [2.75, 3.05) is 0 Å². The van der Waals surface area contributed by atoms with Crippen LogP contribution in [0.5, 0.6) is 23.0 Å². The molecule has 0 atom stereocenters. The number of aromatic hydroxyl groups is 2. The first-order valence-electron chi connectivity index (χ1n) is 9.24. The summed E-state index contributed by atoms with van der Waals surface area (Å²) < 4.78 is 11.8. The molecular weight excluding hydrogens is 340 g/mol. The van der Waals surface area contributed by atoms with E-state index in [1.165, 1.54) is 0 Å². The van der Waals surface area contributed by atoms with Gasteiger partial charge in [-0.1, -0.05) is 26.0 Å². The molecule has 0 heterocycles. The monoisotopic (exact) mass is 372 g/mol. The Kier molecular flexibility index (Phi) is 5.42. The predicted octanol–water partition coefficient (Wildman–Crippen LogP) is 5.78. The molecule has 0 aliphatic heterocycles. The Morgan fingerprint density at radius 3 is 1.22 bits per heavy atom. The van der Waals surface area contributed by atoms with Gasteiger partial charge in [-0.05, 0) is 76.9 Å². The fourth-order valence-corrected chi connectivity index (χ4v) is 2.80. The minimum absolute atomic E-state index is 0.118. The van der Waals surface area contributed by atoms with Crippen LogP contribution in [0.3, 0.4) is 0 Å². The number of phenolic OH excluding ortho intramolecular Hbond substituents is 2. The second-order valence-corrected chi connectivity index (χ2v) is 9.42. The van der Waals surface area contributed by atoms with Crippen LogP contribution in [0.25, 0.3) is 0 Å². The Balaban J connectivity index is 2.47. The molecule has 0 saturated carbocycles. The van der Waals surface area contributed by atoms with Crippen molar-refractivity contribution in [3.63, 3.8) is 0 Å². The highest BCUT2D eigenvalue weighted by Crippen LogP contribution is 2.40. The summed E-state index contributed by atoms with van der Waals surface area (Å²) in [5.41, 5.74) is 0.783. The van der Waals surface area contributed by atoms with E-state index in [1.54, 1.807) is 12.1 Å². The van der Waals surface area contributed by atoms with Crippen LogP contribution in [0.2, 0.25) is 0 Å². The first-order valence-corrected chi connectivity index (χ1v) is 9.24. The molecule has 0 spiro atoms. The summed E-state index contributed by atoms with van der Waals surface area (Å²) in [6.45, 7) is 15.9. The van der Waals surface area contributed by atoms with Crippen LogP contribution in [0.1, 0.15) is 66.5 Å². The van der Waals surface area contributed by atoms with Gasteiger partial charge in [0.2, 0.25) is 0 Å². The summed E-state index contributed by atoms with van der Waals surface area (Å²) in [5, 5.41) is 20.3. The zero-order valence-electron chi connectivity index (χ0n) is 17.7. The van der Waals surface area contributed by atoms with Gasteiger partial charge in [-0.25, -0.2) is 0 Å². The number of hydrogen-bond donors (Lipinski definition) is 2. The molecular formula is C23H32O4. The maximum absolute atomic E-state index is 10.2.